The maximum atomic E-state index is 13.0. The van der Waals surface area contributed by atoms with E-state index in [1.807, 2.05) is 48.5 Å². The summed E-state index contributed by atoms with van der Waals surface area (Å²) in [6, 6.07) is 14.9. The molecule has 4 heteroatoms. The van der Waals surface area contributed by atoms with Gasteiger partial charge in [0.1, 0.15) is 6.04 Å². The average molecular weight is 351 g/mol. The van der Waals surface area contributed by atoms with Crippen molar-refractivity contribution in [3.05, 3.63) is 59.7 Å². The standard InChI is InChI=1S/C22H25NO3/c1-2-3-4-5-14-19(22(25)26)23-21(24)20-17-12-8-6-10-15(17)16-11-7-9-13-18(16)20/h6-13,19-20H,2-5,14H2,1H3,(H,23,24)(H,25,26)/t19-/m1/s1. The highest BCUT2D eigenvalue weighted by Crippen LogP contribution is 2.44. The fraction of sp³-hybridized carbons (Fsp3) is 0.364. The summed E-state index contributed by atoms with van der Waals surface area (Å²) in [7, 11) is 0. The Morgan fingerprint density at radius 1 is 0.962 bits per heavy atom. The minimum absolute atomic E-state index is 0.231. The van der Waals surface area contributed by atoms with Gasteiger partial charge in [0, 0.05) is 0 Å². The summed E-state index contributed by atoms with van der Waals surface area (Å²) in [5.41, 5.74) is 4.00. The van der Waals surface area contributed by atoms with Crippen LogP contribution in [0.3, 0.4) is 0 Å². The number of carbonyl (C=O) groups excluding carboxylic acids is 1. The maximum Gasteiger partial charge on any atom is 0.326 e. The minimum Gasteiger partial charge on any atom is -0.480 e. The first-order valence-corrected chi connectivity index (χ1v) is 9.35. The fourth-order valence-electron chi connectivity index (χ4n) is 3.73. The van der Waals surface area contributed by atoms with Crippen LogP contribution >= 0.6 is 0 Å². The lowest BCUT2D eigenvalue weighted by atomic mass is 9.95. The van der Waals surface area contributed by atoms with Gasteiger partial charge in [0.05, 0.1) is 5.92 Å². The molecule has 1 aliphatic carbocycles. The zero-order valence-electron chi connectivity index (χ0n) is 15.1. The van der Waals surface area contributed by atoms with Gasteiger partial charge in [0.15, 0.2) is 0 Å². The van der Waals surface area contributed by atoms with E-state index in [9.17, 15) is 14.7 Å². The number of unbranched alkanes of at least 4 members (excludes halogenated alkanes) is 3. The highest BCUT2D eigenvalue weighted by molar-refractivity contribution is 5.97. The van der Waals surface area contributed by atoms with E-state index >= 15 is 0 Å². The van der Waals surface area contributed by atoms with Gasteiger partial charge in [-0.25, -0.2) is 4.79 Å². The molecule has 0 saturated carbocycles. The second-order valence-electron chi connectivity index (χ2n) is 6.86. The molecule has 136 valence electrons. The molecule has 0 spiro atoms. The molecule has 3 rings (SSSR count). The van der Waals surface area contributed by atoms with Crippen molar-refractivity contribution < 1.29 is 14.7 Å². The van der Waals surface area contributed by atoms with Crippen molar-refractivity contribution in [2.24, 2.45) is 0 Å². The highest BCUT2D eigenvalue weighted by Gasteiger charge is 2.35. The first kappa shape index (κ1) is 18.2. The van der Waals surface area contributed by atoms with E-state index in [0.717, 1.165) is 47.9 Å². The molecule has 0 aromatic heterocycles. The predicted molar refractivity (Wildman–Crippen MR) is 102 cm³/mol. The van der Waals surface area contributed by atoms with Crippen molar-refractivity contribution in [3.63, 3.8) is 0 Å². The van der Waals surface area contributed by atoms with Crippen LogP contribution in [0.4, 0.5) is 0 Å². The molecule has 0 bridgehead atoms. The molecular weight excluding hydrogens is 326 g/mol. The SMILES string of the molecule is CCCCCC[C@@H](NC(=O)C1c2ccccc2-c2ccccc21)C(=O)O. The van der Waals surface area contributed by atoms with Crippen molar-refractivity contribution in [2.75, 3.05) is 0 Å². The molecule has 0 aliphatic heterocycles. The molecule has 26 heavy (non-hydrogen) atoms. The smallest absolute Gasteiger partial charge is 0.326 e. The van der Waals surface area contributed by atoms with Crippen LogP contribution in [0.25, 0.3) is 11.1 Å². The molecule has 2 aromatic rings. The fourth-order valence-corrected chi connectivity index (χ4v) is 3.73. The minimum atomic E-state index is -0.964. The third-order valence-corrected chi connectivity index (χ3v) is 5.06. The number of benzene rings is 2. The largest absolute Gasteiger partial charge is 0.480 e. The van der Waals surface area contributed by atoms with Crippen LogP contribution in [0.15, 0.2) is 48.5 Å². The molecule has 4 nitrogen and oxygen atoms in total. The number of amides is 1. The van der Waals surface area contributed by atoms with Crippen molar-refractivity contribution >= 4 is 11.9 Å². The van der Waals surface area contributed by atoms with Crippen LogP contribution in [0.2, 0.25) is 0 Å². The summed E-state index contributed by atoms with van der Waals surface area (Å²) >= 11 is 0. The normalized spacial score (nSPS) is 13.7. The van der Waals surface area contributed by atoms with E-state index in [1.165, 1.54) is 0 Å². The lowest BCUT2D eigenvalue weighted by molar-refractivity contribution is -0.142. The summed E-state index contributed by atoms with van der Waals surface area (Å²) in [4.78, 5) is 24.6. The number of fused-ring (bicyclic) bond motifs is 3. The lowest BCUT2D eigenvalue weighted by Crippen LogP contribution is -2.43. The van der Waals surface area contributed by atoms with E-state index in [2.05, 4.69) is 12.2 Å². The zero-order chi connectivity index (χ0) is 18.5. The number of carboxylic acid groups (broad SMARTS) is 1. The van der Waals surface area contributed by atoms with Gasteiger partial charge >= 0.3 is 5.97 Å². The summed E-state index contributed by atoms with van der Waals surface area (Å²) < 4.78 is 0. The molecule has 1 amide bonds. The number of nitrogens with one attached hydrogen (secondary N) is 1. The summed E-state index contributed by atoms with van der Waals surface area (Å²) in [5.74, 6) is -1.64. The van der Waals surface area contributed by atoms with Gasteiger partial charge in [0.2, 0.25) is 5.91 Å². The van der Waals surface area contributed by atoms with Crippen molar-refractivity contribution in [2.45, 2.75) is 51.0 Å². The Hall–Kier alpha value is -2.62. The monoisotopic (exact) mass is 351 g/mol. The summed E-state index contributed by atoms with van der Waals surface area (Å²) in [6.45, 7) is 2.12. The van der Waals surface area contributed by atoms with Crippen molar-refractivity contribution in [1.82, 2.24) is 5.32 Å². The Labute approximate surface area is 154 Å². The molecule has 0 radical (unpaired) electrons. The van der Waals surface area contributed by atoms with Gasteiger partial charge in [-0.2, -0.15) is 0 Å². The van der Waals surface area contributed by atoms with E-state index in [0.29, 0.717) is 6.42 Å². The van der Waals surface area contributed by atoms with E-state index in [1.54, 1.807) is 0 Å². The predicted octanol–water partition coefficient (Wildman–Crippen LogP) is 4.34. The number of carbonyl (C=O) groups is 2. The van der Waals surface area contributed by atoms with E-state index in [-0.39, 0.29) is 5.91 Å². The van der Waals surface area contributed by atoms with Crippen molar-refractivity contribution in [3.8, 4) is 11.1 Å². The molecule has 2 N–H and O–H groups in total. The van der Waals surface area contributed by atoms with Crippen LogP contribution in [-0.2, 0) is 9.59 Å². The first-order valence-electron chi connectivity index (χ1n) is 9.35. The summed E-state index contributed by atoms with van der Waals surface area (Å²) in [6.07, 6.45) is 4.45. The van der Waals surface area contributed by atoms with Gasteiger partial charge < -0.3 is 10.4 Å². The molecule has 0 heterocycles. The Balaban J connectivity index is 1.79. The number of carboxylic acids is 1. The van der Waals surface area contributed by atoms with Crippen molar-refractivity contribution in [1.29, 1.82) is 0 Å². The molecular formula is C22H25NO3. The molecule has 0 fully saturated rings. The average Bonchev–Trinajstić information content (AvgIpc) is 2.98. The van der Waals surface area contributed by atoms with Gasteiger partial charge in [-0.1, -0.05) is 81.1 Å². The number of aliphatic carboxylic acids is 1. The Morgan fingerprint density at radius 2 is 1.54 bits per heavy atom. The molecule has 0 unspecified atom stereocenters. The maximum absolute atomic E-state index is 13.0. The van der Waals surface area contributed by atoms with Gasteiger partial charge in [0.25, 0.3) is 0 Å². The van der Waals surface area contributed by atoms with E-state index in [4.69, 9.17) is 0 Å². The second-order valence-corrected chi connectivity index (χ2v) is 6.86. The number of rotatable bonds is 8. The molecule has 2 aromatic carbocycles. The first-order chi connectivity index (χ1) is 12.6. The van der Waals surface area contributed by atoms with Gasteiger partial charge in [-0.15, -0.1) is 0 Å². The highest BCUT2D eigenvalue weighted by atomic mass is 16.4. The Morgan fingerprint density at radius 3 is 2.08 bits per heavy atom. The quantitative estimate of drug-likeness (QED) is 0.695. The topological polar surface area (TPSA) is 66.4 Å². The Kier molecular flexibility index (Phi) is 5.71. The van der Waals surface area contributed by atoms with Crippen LogP contribution in [0.1, 0.15) is 56.1 Å². The van der Waals surface area contributed by atoms with Crippen LogP contribution < -0.4 is 5.32 Å². The zero-order valence-corrected chi connectivity index (χ0v) is 15.1. The van der Waals surface area contributed by atoms with E-state index < -0.39 is 17.9 Å². The van der Waals surface area contributed by atoms with Gasteiger partial charge in [-0.05, 0) is 28.7 Å². The number of hydrogen-bond donors (Lipinski definition) is 2. The molecule has 1 aliphatic rings. The molecule has 1 atom stereocenters. The third kappa shape index (κ3) is 3.64. The third-order valence-electron chi connectivity index (χ3n) is 5.06. The number of hydrogen-bond acceptors (Lipinski definition) is 2. The van der Waals surface area contributed by atoms with Crippen LogP contribution in [0, 0.1) is 0 Å². The van der Waals surface area contributed by atoms with Crippen LogP contribution in [0.5, 0.6) is 0 Å². The molecule has 0 saturated heterocycles. The van der Waals surface area contributed by atoms with Gasteiger partial charge in [-0.3, -0.25) is 4.79 Å². The van der Waals surface area contributed by atoms with Crippen LogP contribution in [-0.4, -0.2) is 23.0 Å². The lowest BCUT2D eigenvalue weighted by Gasteiger charge is -2.19. The summed E-state index contributed by atoms with van der Waals surface area (Å²) in [5, 5.41) is 12.3. The second kappa shape index (κ2) is 8.17. The Bertz CT molecular complexity index is 754.